The molecule has 0 N–H and O–H groups in total. The largest absolute Gasteiger partial charge is 0.444 e. The number of carbonyl (C=O) groups excluding carboxylic acids is 1. The van der Waals surface area contributed by atoms with Crippen LogP contribution in [0.25, 0.3) is 10.9 Å². The van der Waals surface area contributed by atoms with E-state index in [2.05, 4.69) is 50.2 Å². The van der Waals surface area contributed by atoms with E-state index in [1.54, 1.807) is 6.33 Å². The molecule has 2 aliphatic rings. The van der Waals surface area contributed by atoms with E-state index in [-0.39, 0.29) is 11.5 Å². The molecular weight excluding hydrogens is 426 g/mol. The topological polar surface area (TPSA) is 71.5 Å². The number of likely N-dealkylation sites (tertiary alicyclic amines) is 1. The molecule has 2 aromatic heterocycles. The van der Waals surface area contributed by atoms with Crippen molar-refractivity contribution in [2.45, 2.75) is 52.1 Å². The molecule has 1 aromatic carbocycles. The average Bonchev–Trinajstić information content (AvgIpc) is 2.80. The van der Waals surface area contributed by atoms with Gasteiger partial charge >= 0.3 is 6.09 Å². The Balaban J connectivity index is 1.24. The molecule has 4 heterocycles. The van der Waals surface area contributed by atoms with Crippen LogP contribution in [0.3, 0.4) is 0 Å². The Morgan fingerprint density at radius 2 is 1.71 bits per heavy atom. The number of pyridine rings is 1. The highest BCUT2D eigenvalue weighted by molar-refractivity contribution is 5.90. The number of piperidine rings is 1. The lowest BCUT2D eigenvalue weighted by molar-refractivity contribution is 0.00593. The van der Waals surface area contributed by atoms with Crippen molar-refractivity contribution >= 4 is 22.8 Å². The number of ether oxygens (including phenoxy) is 1. The molecule has 178 valence electrons. The van der Waals surface area contributed by atoms with E-state index in [0.29, 0.717) is 0 Å². The quantitative estimate of drug-likeness (QED) is 0.566. The highest BCUT2D eigenvalue weighted by Crippen LogP contribution is 2.43. The van der Waals surface area contributed by atoms with Crippen LogP contribution < -0.4 is 4.90 Å². The lowest BCUT2D eigenvalue weighted by Crippen LogP contribution is -2.61. The zero-order valence-electron chi connectivity index (χ0n) is 20.3. The van der Waals surface area contributed by atoms with Crippen LogP contribution in [-0.4, -0.2) is 57.7 Å². The monoisotopic (exact) mass is 459 g/mol. The van der Waals surface area contributed by atoms with Gasteiger partial charge in [0.05, 0.1) is 5.52 Å². The Bertz CT molecular complexity index is 1160. The smallest absolute Gasteiger partial charge is 0.410 e. The van der Waals surface area contributed by atoms with Gasteiger partial charge in [0.1, 0.15) is 17.7 Å². The van der Waals surface area contributed by atoms with Gasteiger partial charge in [0.2, 0.25) is 0 Å². The fourth-order valence-electron chi connectivity index (χ4n) is 5.06. The van der Waals surface area contributed by atoms with Crippen molar-refractivity contribution in [2.24, 2.45) is 5.41 Å². The Hall–Kier alpha value is -3.22. The average molecular weight is 460 g/mol. The Morgan fingerprint density at radius 1 is 1.00 bits per heavy atom. The van der Waals surface area contributed by atoms with E-state index in [4.69, 9.17) is 4.74 Å². The maximum atomic E-state index is 12.4. The van der Waals surface area contributed by atoms with Crippen LogP contribution in [0.1, 0.15) is 44.7 Å². The molecule has 5 rings (SSSR count). The summed E-state index contributed by atoms with van der Waals surface area (Å²) in [6, 6.07) is 10.7. The summed E-state index contributed by atoms with van der Waals surface area (Å²) in [5.74, 6) is 1.02. The van der Waals surface area contributed by atoms with Gasteiger partial charge in [0, 0.05) is 49.4 Å². The van der Waals surface area contributed by atoms with Gasteiger partial charge in [-0.05, 0) is 81.8 Å². The number of anilines is 1. The van der Waals surface area contributed by atoms with Crippen molar-refractivity contribution in [3.63, 3.8) is 0 Å². The number of hydrogen-bond donors (Lipinski definition) is 0. The number of hydrogen-bond acceptors (Lipinski definition) is 6. The van der Waals surface area contributed by atoms with Crippen LogP contribution in [-0.2, 0) is 17.6 Å². The number of fused-ring (bicyclic) bond motifs is 1. The molecule has 2 aliphatic heterocycles. The lowest BCUT2D eigenvalue weighted by atomic mass is 9.72. The van der Waals surface area contributed by atoms with Crippen molar-refractivity contribution in [2.75, 3.05) is 31.1 Å². The summed E-state index contributed by atoms with van der Waals surface area (Å²) in [6.07, 6.45) is 9.13. The number of rotatable bonds is 4. The normalized spacial score (nSPS) is 17.6. The van der Waals surface area contributed by atoms with E-state index < -0.39 is 5.60 Å². The SMILES string of the molecule is CC(C)(C)OC(=O)N1CCC2(CC1)CN(c1ncnc3ccc(CCc4ccncc4)cc13)C2. The predicted octanol–water partition coefficient (Wildman–Crippen LogP) is 4.65. The molecule has 1 amide bonds. The molecule has 2 saturated heterocycles. The van der Waals surface area contributed by atoms with Crippen molar-refractivity contribution < 1.29 is 9.53 Å². The number of nitrogens with zero attached hydrogens (tertiary/aromatic N) is 5. The van der Waals surface area contributed by atoms with Gasteiger partial charge in [-0.1, -0.05) is 6.07 Å². The third-order valence-corrected chi connectivity index (χ3v) is 6.96. The fraction of sp³-hybridized carbons (Fsp3) is 0.481. The highest BCUT2D eigenvalue weighted by Gasteiger charge is 2.46. The second-order valence-electron chi connectivity index (χ2n) is 10.7. The zero-order valence-corrected chi connectivity index (χ0v) is 20.3. The summed E-state index contributed by atoms with van der Waals surface area (Å²) < 4.78 is 5.55. The molecule has 3 aromatic rings. The highest BCUT2D eigenvalue weighted by atomic mass is 16.6. The van der Waals surface area contributed by atoms with Gasteiger partial charge in [-0.25, -0.2) is 14.8 Å². The predicted molar refractivity (Wildman–Crippen MR) is 133 cm³/mol. The fourth-order valence-corrected chi connectivity index (χ4v) is 5.06. The summed E-state index contributed by atoms with van der Waals surface area (Å²) in [7, 11) is 0. The molecule has 2 fully saturated rings. The second-order valence-corrected chi connectivity index (χ2v) is 10.7. The lowest BCUT2D eigenvalue weighted by Gasteiger charge is -2.54. The molecule has 34 heavy (non-hydrogen) atoms. The number of benzene rings is 1. The number of aryl methyl sites for hydroxylation is 2. The van der Waals surface area contributed by atoms with Gasteiger partial charge in [0.15, 0.2) is 0 Å². The molecule has 7 heteroatoms. The van der Waals surface area contributed by atoms with Crippen molar-refractivity contribution in [1.29, 1.82) is 0 Å². The first-order valence-corrected chi connectivity index (χ1v) is 12.2. The zero-order chi connectivity index (χ0) is 23.8. The van der Waals surface area contributed by atoms with E-state index in [9.17, 15) is 4.79 Å². The van der Waals surface area contributed by atoms with Crippen LogP contribution in [0.4, 0.5) is 10.6 Å². The van der Waals surface area contributed by atoms with E-state index in [1.165, 1.54) is 11.1 Å². The Kier molecular flexibility index (Phi) is 5.88. The van der Waals surface area contributed by atoms with Gasteiger partial charge in [-0.3, -0.25) is 4.98 Å². The number of carbonyl (C=O) groups is 1. The summed E-state index contributed by atoms with van der Waals surface area (Å²) in [5, 5.41) is 1.12. The first-order valence-electron chi connectivity index (χ1n) is 12.2. The molecule has 0 bridgehead atoms. The first kappa shape index (κ1) is 22.6. The third-order valence-electron chi connectivity index (χ3n) is 6.96. The molecule has 0 unspecified atom stereocenters. The van der Waals surface area contributed by atoms with E-state index in [0.717, 1.165) is 68.6 Å². The molecule has 0 aliphatic carbocycles. The van der Waals surface area contributed by atoms with Crippen LogP contribution in [0.5, 0.6) is 0 Å². The van der Waals surface area contributed by atoms with Gasteiger partial charge in [-0.15, -0.1) is 0 Å². The van der Waals surface area contributed by atoms with Crippen molar-refractivity contribution in [3.05, 3.63) is 60.2 Å². The maximum absolute atomic E-state index is 12.4. The van der Waals surface area contributed by atoms with Crippen LogP contribution in [0, 0.1) is 5.41 Å². The van der Waals surface area contributed by atoms with Gasteiger partial charge in [0.25, 0.3) is 0 Å². The van der Waals surface area contributed by atoms with Gasteiger partial charge in [-0.2, -0.15) is 0 Å². The number of aromatic nitrogens is 3. The summed E-state index contributed by atoms with van der Waals surface area (Å²) in [6.45, 7) is 9.20. The van der Waals surface area contributed by atoms with E-state index in [1.807, 2.05) is 38.1 Å². The summed E-state index contributed by atoms with van der Waals surface area (Å²) >= 11 is 0. The molecule has 0 saturated carbocycles. The summed E-state index contributed by atoms with van der Waals surface area (Å²) in [5.41, 5.74) is 3.38. The standard InChI is InChI=1S/C27H33N5O2/c1-26(2,3)34-25(33)31-14-10-27(11-15-31)17-32(18-27)24-22-16-21(6-7-23(22)29-19-30-24)5-4-20-8-12-28-13-9-20/h6-9,12-13,16,19H,4-5,10-11,14-15,17-18H2,1-3H3. The third kappa shape index (κ3) is 4.83. The summed E-state index contributed by atoms with van der Waals surface area (Å²) in [4.78, 5) is 29.9. The number of amides is 1. The molecular formula is C27H33N5O2. The Labute approximate surface area is 201 Å². The molecule has 0 atom stereocenters. The van der Waals surface area contributed by atoms with Crippen molar-refractivity contribution in [3.8, 4) is 0 Å². The minimum Gasteiger partial charge on any atom is -0.444 e. The first-order chi connectivity index (χ1) is 16.3. The van der Waals surface area contributed by atoms with Crippen LogP contribution in [0.15, 0.2) is 49.1 Å². The Morgan fingerprint density at radius 3 is 2.41 bits per heavy atom. The second kappa shape index (κ2) is 8.85. The van der Waals surface area contributed by atoms with Crippen molar-refractivity contribution in [1.82, 2.24) is 19.9 Å². The minimum atomic E-state index is -0.454. The molecule has 0 radical (unpaired) electrons. The van der Waals surface area contributed by atoms with Crippen LogP contribution >= 0.6 is 0 Å². The van der Waals surface area contributed by atoms with E-state index >= 15 is 0 Å². The minimum absolute atomic E-state index is 0.195. The van der Waals surface area contributed by atoms with Gasteiger partial charge < -0.3 is 14.5 Å². The molecule has 7 nitrogen and oxygen atoms in total. The maximum Gasteiger partial charge on any atom is 0.410 e. The van der Waals surface area contributed by atoms with Crippen LogP contribution in [0.2, 0.25) is 0 Å². The molecule has 1 spiro atoms.